The van der Waals surface area contributed by atoms with E-state index in [0.717, 1.165) is 17.0 Å². The number of ether oxygens (including phenoxy) is 1. The number of nitrogens with one attached hydrogen (secondary N) is 1. The minimum atomic E-state index is -0.537. The van der Waals surface area contributed by atoms with Gasteiger partial charge in [0, 0.05) is 24.3 Å². The molecule has 0 bridgehead atoms. The third-order valence-corrected chi connectivity index (χ3v) is 4.78. The van der Waals surface area contributed by atoms with E-state index >= 15 is 0 Å². The van der Waals surface area contributed by atoms with Gasteiger partial charge in [0.05, 0.1) is 23.8 Å². The molecule has 24 heavy (non-hydrogen) atoms. The second kappa shape index (κ2) is 7.19. The number of hydrogen-bond acceptors (Lipinski definition) is 5. The SMILES string of the molecule is C[C@@H](CC(=O)Nc1nc2c(s1)COCC2)C(=O)c1cccc(F)c1. The number of halogens is 1. The van der Waals surface area contributed by atoms with E-state index in [1.807, 2.05) is 0 Å². The molecule has 2 heterocycles. The molecule has 1 amide bonds. The summed E-state index contributed by atoms with van der Waals surface area (Å²) >= 11 is 1.39. The number of aromatic nitrogens is 1. The third kappa shape index (κ3) is 3.85. The third-order valence-electron chi connectivity index (χ3n) is 3.79. The second-order valence-corrected chi connectivity index (χ2v) is 6.80. The summed E-state index contributed by atoms with van der Waals surface area (Å²) in [6, 6.07) is 5.50. The quantitative estimate of drug-likeness (QED) is 0.843. The van der Waals surface area contributed by atoms with Crippen LogP contribution in [0, 0.1) is 11.7 Å². The van der Waals surface area contributed by atoms with Crippen LogP contribution in [0.2, 0.25) is 0 Å². The number of Topliss-reactive ketones (excluding diaryl/α,β-unsaturated/α-hetero) is 1. The monoisotopic (exact) mass is 348 g/mol. The van der Waals surface area contributed by atoms with Crippen molar-refractivity contribution in [1.82, 2.24) is 4.98 Å². The molecule has 2 aromatic rings. The molecule has 1 N–H and O–H groups in total. The van der Waals surface area contributed by atoms with Crippen molar-refractivity contribution >= 4 is 28.2 Å². The summed E-state index contributed by atoms with van der Waals surface area (Å²) in [5.74, 6) is -1.53. The number of ketones is 1. The molecule has 5 nitrogen and oxygen atoms in total. The van der Waals surface area contributed by atoms with Crippen molar-refractivity contribution in [2.24, 2.45) is 5.92 Å². The highest BCUT2D eigenvalue weighted by molar-refractivity contribution is 7.15. The molecule has 0 fully saturated rings. The Morgan fingerprint density at radius 3 is 3.04 bits per heavy atom. The van der Waals surface area contributed by atoms with Crippen molar-refractivity contribution in [1.29, 1.82) is 0 Å². The minimum Gasteiger partial charge on any atom is -0.375 e. The number of rotatable bonds is 5. The van der Waals surface area contributed by atoms with Gasteiger partial charge in [-0.3, -0.25) is 9.59 Å². The molecule has 126 valence electrons. The molecule has 0 saturated carbocycles. The van der Waals surface area contributed by atoms with Crippen LogP contribution in [0.1, 0.15) is 34.3 Å². The maximum Gasteiger partial charge on any atom is 0.226 e. The Hall–Kier alpha value is -2.12. The van der Waals surface area contributed by atoms with E-state index in [1.54, 1.807) is 13.0 Å². The second-order valence-electron chi connectivity index (χ2n) is 5.72. The normalized spacial score (nSPS) is 14.8. The molecular weight excluding hydrogens is 331 g/mol. The number of benzene rings is 1. The molecule has 0 spiro atoms. The molecular formula is C17H17FN2O3S. The predicted octanol–water partition coefficient (Wildman–Crippen LogP) is 3.20. The Bertz CT molecular complexity index is 751. The van der Waals surface area contributed by atoms with Gasteiger partial charge in [0.1, 0.15) is 5.82 Å². The molecule has 1 aliphatic heterocycles. The number of thiazole rings is 1. The van der Waals surface area contributed by atoms with Gasteiger partial charge in [-0.2, -0.15) is 0 Å². The van der Waals surface area contributed by atoms with Gasteiger partial charge in [-0.25, -0.2) is 9.37 Å². The average molecular weight is 348 g/mol. The maximum absolute atomic E-state index is 13.2. The number of carbonyl (C=O) groups is 2. The average Bonchev–Trinajstić information content (AvgIpc) is 2.95. The van der Waals surface area contributed by atoms with Gasteiger partial charge in [-0.1, -0.05) is 30.4 Å². The van der Waals surface area contributed by atoms with Crippen molar-refractivity contribution in [3.8, 4) is 0 Å². The first-order chi connectivity index (χ1) is 11.5. The molecule has 0 saturated heterocycles. The van der Waals surface area contributed by atoms with Crippen LogP contribution in [0.4, 0.5) is 9.52 Å². The lowest BCUT2D eigenvalue weighted by atomic mass is 9.96. The fourth-order valence-corrected chi connectivity index (χ4v) is 3.51. The molecule has 0 aliphatic carbocycles. The fraction of sp³-hybridized carbons (Fsp3) is 0.353. The molecule has 0 radical (unpaired) electrons. The van der Waals surface area contributed by atoms with Crippen LogP contribution in [0.3, 0.4) is 0 Å². The first-order valence-corrected chi connectivity index (χ1v) is 8.50. The van der Waals surface area contributed by atoms with Crippen LogP contribution in [0.15, 0.2) is 24.3 Å². The Morgan fingerprint density at radius 1 is 1.46 bits per heavy atom. The molecule has 0 unspecified atom stereocenters. The van der Waals surface area contributed by atoms with Gasteiger partial charge in [-0.05, 0) is 12.1 Å². The number of anilines is 1. The van der Waals surface area contributed by atoms with Gasteiger partial charge in [0.2, 0.25) is 5.91 Å². The van der Waals surface area contributed by atoms with E-state index in [4.69, 9.17) is 4.74 Å². The van der Waals surface area contributed by atoms with E-state index < -0.39 is 11.7 Å². The summed E-state index contributed by atoms with van der Waals surface area (Å²) in [5.41, 5.74) is 1.24. The van der Waals surface area contributed by atoms with E-state index in [0.29, 0.717) is 18.3 Å². The Morgan fingerprint density at radius 2 is 2.29 bits per heavy atom. The lowest BCUT2D eigenvalue weighted by molar-refractivity contribution is -0.116. The zero-order chi connectivity index (χ0) is 17.1. The van der Waals surface area contributed by atoms with Crippen molar-refractivity contribution in [2.45, 2.75) is 26.4 Å². The van der Waals surface area contributed by atoms with E-state index in [9.17, 15) is 14.0 Å². The summed E-state index contributed by atoms with van der Waals surface area (Å²) in [5, 5.41) is 3.26. The van der Waals surface area contributed by atoms with E-state index in [2.05, 4.69) is 10.3 Å². The van der Waals surface area contributed by atoms with Crippen LogP contribution in [0.5, 0.6) is 0 Å². The van der Waals surface area contributed by atoms with Crippen LogP contribution < -0.4 is 5.32 Å². The van der Waals surface area contributed by atoms with Crippen molar-refractivity contribution in [3.63, 3.8) is 0 Å². The molecule has 1 aromatic heterocycles. The standard InChI is InChI=1S/C17H17FN2O3S/c1-10(16(22)11-3-2-4-12(18)8-11)7-15(21)20-17-19-13-5-6-23-9-14(13)24-17/h2-4,8,10H,5-7,9H2,1H3,(H,19,20,21)/t10-/m0/s1. The van der Waals surface area contributed by atoms with Gasteiger partial charge in [-0.15, -0.1) is 0 Å². The topological polar surface area (TPSA) is 68.3 Å². The van der Waals surface area contributed by atoms with E-state index in [-0.39, 0.29) is 23.7 Å². The molecule has 1 aromatic carbocycles. The van der Waals surface area contributed by atoms with Gasteiger partial charge >= 0.3 is 0 Å². The van der Waals surface area contributed by atoms with Crippen molar-refractivity contribution in [3.05, 3.63) is 46.2 Å². The number of carbonyl (C=O) groups excluding carboxylic acids is 2. The van der Waals surface area contributed by atoms with Crippen LogP contribution in [0.25, 0.3) is 0 Å². The maximum atomic E-state index is 13.2. The summed E-state index contributed by atoms with van der Waals surface area (Å²) in [4.78, 5) is 29.8. The van der Waals surface area contributed by atoms with Gasteiger partial charge < -0.3 is 10.1 Å². The number of hydrogen-bond donors (Lipinski definition) is 1. The summed E-state index contributed by atoms with van der Waals surface area (Å²) < 4.78 is 18.6. The van der Waals surface area contributed by atoms with Crippen LogP contribution in [-0.4, -0.2) is 23.3 Å². The minimum absolute atomic E-state index is 0.0239. The van der Waals surface area contributed by atoms with Crippen LogP contribution in [-0.2, 0) is 22.6 Å². The lowest BCUT2D eigenvalue weighted by Gasteiger charge is -2.10. The molecule has 7 heteroatoms. The van der Waals surface area contributed by atoms with E-state index in [1.165, 1.54) is 29.5 Å². The first-order valence-electron chi connectivity index (χ1n) is 7.69. The highest BCUT2D eigenvalue weighted by Gasteiger charge is 2.21. The van der Waals surface area contributed by atoms with Crippen molar-refractivity contribution < 1.29 is 18.7 Å². The molecule has 1 aliphatic rings. The summed E-state index contributed by atoms with van der Waals surface area (Å²) in [6.07, 6.45) is 0.770. The van der Waals surface area contributed by atoms with Gasteiger partial charge in [0.15, 0.2) is 10.9 Å². The smallest absolute Gasteiger partial charge is 0.226 e. The number of fused-ring (bicyclic) bond motifs is 1. The zero-order valence-electron chi connectivity index (χ0n) is 13.2. The fourth-order valence-electron chi connectivity index (χ4n) is 2.55. The summed E-state index contributed by atoms with van der Waals surface area (Å²) in [6.45, 7) is 2.83. The predicted molar refractivity (Wildman–Crippen MR) is 88.6 cm³/mol. The molecule has 1 atom stereocenters. The Labute approximate surface area is 142 Å². The first kappa shape index (κ1) is 16.7. The Kier molecular flexibility index (Phi) is 5.01. The van der Waals surface area contributed by atoms with Crippen molar-refractivity contribution in [2.75, 3.05) is 11.9 Å². The zero-order valence-corrected chi connectivity index (χ0v) is 14.0. The molecule has 3 rings (SSSR count). The summed E-state index contributed by atoms with van der Waals surface area (Å²) in [7, 11) is 0. The largest absolute Gasteiger partial charge is 0.375 e. The number of nitrogens with zero attached hydrogens (tertiary/aromatic N) is 1. The highest BCUT2D eigenvalue weighted by atomic mass is 32.1. The Balaban J connectivity index is 1.59. The van der Waals surface area contributed by atoms with Gasteiger partial charge in [0.25, 0.3) is 0 Å². The highest BCUT2D eigenvalue weighted by Crippen LogP contribution is 2.27. The lowest BCUT2D eigenvalue weighted by Crippen LogP contribution is -2.20. The van der Waals surface area contributed by atoms with Crippen LogP contribution >= 0.6 is 11.3 Å². The number of amides is 1.